The molecule has 0 saturated carbocycles. The molecule has 0 bridgehead atoms. The molecule has 2 aromatic carbocycles. The summed E-state index contributed by atoms with van der Waals surface area (Å²) in [6, 6.07) is 19.7. The lowest BCUT2D eigenvalue weighted by molar-refractivity contribution is -0.124. The van der Waals surface area contributed by atoms with E-state index < -0.39 is 10.0 Å². The van der Waals surface area contributed by atoms with Crippen molar-refractivity contribution in [1.29, 1.82) is 0 Å². The minimum Gasteiger partial charge on any atom is -0.368 e. The molecule has 34 heavy (non-hydrogen) atoms. The number of benzene rings is 2. The van der Waals surface area contributed by atoms with Gasteiger partial charge in [-0.2, -0.15) is 0 Å². The summed E-state index contributed by atoms with van der Waals surface area (Å²) in [5.41, 5.74) is 2.26. The summed E-state index contributed by atoms with van der Waals surface area (Å²) in [6.07, 6.45) is 2.62. The smallest absolute Gasteiger partial charge is 0.265 e. The molecule has 1 aromatic heterocycles. The first-order valence-electron chi connectivity index (χ1n) is 11.3. The van der Waals surface area contributed by atoms with E-state index in [1.165, 1.54) is 10.5 Å². The molecule has 0 aliphatic carbocycles. The minimum absolute atomic E-state index is 0.127. The number of carbonyl (C=O) groups excluding carboxylic acids is 1. The number of anilines is 3. The highest BCUT2D eigenvalue weighted by molar-refractivity contribution is 7.92. The van der Waals surface area contributed by atoms with Gasteiger partial charge in [0, 0.05) is 31.6 Å². The van der Waals surface area contributed by atoms with Crippen molar-refractivity contribution in [2.75, 3.05) is 28.1 Å². The van der Waals surface area contributed by atoms with Crippen LogP contribution in [0, 0.1) is 0 Å². The Morgan fingerprint density at radius 2 is 1.94 bits per heavy atom. The lowest BCUT2D eigenvalue weighted by atomic mass is 10.2. The third-order valence-electron chi connectivity index (χ3n) is 5.55. The van der Waals surface area contributed by atoms with Gasteiger partial charge < -0.3 is 15.4 Å². The predicted octanol–water partition coefficient (Wildman–Crippen LogP) is 4.03. The Labute approximate surface area is 200 Å². The molecule has 2 N–H and O–H groups in total. The number of hydrogen-bond donors (Lipinski definition) is 2. The Bertz CT molecular complexity index is 1210. The van der Waals surface area contributed by atoms with Crippen LogP contribution in [0.1, 0.15) is 25.3 Å². The zero-order valence-corrected chi connectivity index (χ0v) is 19.8. The number of carbonyl (C=O) groups is 1. The quantitative estimate of drug-likeness (QED) is 0.480. The van der Waals surface area contributed by atoms with Crippen molar-refractivity contribution in [2.45, 2.75) is 37.3 Å². The molecule has 0 radical (unpaired) electrons. The lowest BCUT2D eigenvalue weighted by Crippen LogP contribution is -2.30. The molecule has 8 nitrogen and oxygen atoms in total. The highest BCUT2D eigenvalue weighted by atomic mass is 32.2. The average Bonchev–Trinajstić information content (AvgIpc) is 3.40. The summed E-state index contributed by atoms with van der Waals surface area (Å²) in [4.78, 5) is 16.7. The zero-order chi connectivity index (χ0) is 24.0. The molecule has 1 aliphatic rings. The van der Waals surface area contributed by atoms with Crippen LogP contribution in [0.4, 0.5) is 17.2 Å². The van der Waals surface area contributed by atoms with Gasteiger partial charge in [0.15, 0.2) is 0 Å². The number of hydrogen-bond acceptors (Lipinski definition) is 6. The van der Waals surface area contributed by atoms with Gasteiger partial charge >= 0.3 is 0 Å². The molecule has 1 saturated heterocycles. The van der Waals surface area contributed by atoms with Gasteiger partial charge in [-0.15, -0.1) is 0 Å². The van der Waals surface area contributed by atoms with Gasteiger partial charge in [-0.1, -0.05) is 30.3 Å². The van der Waals surface area contributed by atoms with Crippen LogP contribution in [0.5, 0.6) is 0 Å². The molecule has 178 valence electrons. The molecule has 0 spiro atoms. The number of amides is 1. The third-order valence-corrected chi connectivity index (χ3v) is 7.43. The van der Waals surface area contributed by atoms with Gasteiger partial charge in [0.25, 0.3) is 15.9 Å². The van der Waals surface area contributed by atoms with Crippen molar-refractivity contribution in [3.63, 3.8) is 0 Å². The number of sulfonamides is 1. The van der Waals surface area contributed by atoms with Crippen molar-refractivity contribution in [3.8, 4) is 0 Å². The summed E-state index contributed by atoms with van der Waals surface area (Å²) in [5, 5.41) is 6.09. The largest absolute Gasteiger partial charge is 0.368 e. The van der Waals surface area contributed by atoms with Gasteiger partial charge in [0.2, 0.25) is 0 Å². The molecule has 4 rings (SSSR count). The summed E-state index contributed by atoms with van der Waals surface area (Å²) < 4.78 is 33.0. The Morgan fingerprint density at radius 3 is 2.62 bits per heavy atom. The number of rotatable bonds is 9. The monoisotopic (exact) mass is 480 g/mol. The number of nitrogens with one attached hydrogen (secondary N) is 2. The van der Waals surface area contributed by atoms with Gasteiger partial charge in [0.1, 0.15) is 16.8 Å². The van der Waals surface area contributed by atoms with Crippen LogP contribution in [0.15, 0.2) is 77.8 Å². The SMILES string of the molecule is CCN(c1ccccc1)S(=O)(=O)c1ccc(NCc2cccc(NC(=O)C3CCCO3)c2)nc1. The molecule has 1 unspecified atom stereocenters. The molecule has 1 fully saturated rings. The molecule has 1 aliphatic heterocycles. The van der Waals surface area contributed by atoms with E-state index in [9.17, 15) is 13.2 Å². The van der Waals surface area contributed by atoms with Crippen molar-refractivity contribution < 1.29 is 17.9 Å². The highest BCUT2D eigenvalue weighted by Crippen LogP contribution is 2.23. The Hall–Kier alpha value is -3.43. The number of pyridine rings is 1. The highest BCUT2D eigenvalue weighted by Gasteiger charge is 2.24. The van der Waals surface area contributed by atoms with E-state index in [4.69, 9.17) is 4.74 Å². The van der Waals surface area contributed by atoms with Gasteiger partial charge in [-0.05, 0) is 61.7 Å². The Kier molecular flexibility index (Phi) is 7.44. The van der Waals surface area contributed by atoms with Crippen LogP contribution in [0.2, 0.25) is 0 Å². The first-order chi connectivity index (χ1) is 16.5. The predicted molar refractivity (Wildman–Crippen MR) is 132 cm³/mol. The number of ether oxygens (including phenoxy) is 1. The fourth-order valence-corrected chi connectivity index (χ4v) is 5.23. The summed E-state index contributed by atoms with van der Waals surface area (Å²) in [6.45, 7) is 3.20. The maximum atomic E-state index is 13.1. The van der Waals surface area contributed by atoms with Crippen LogP contribution in [-0.2, 0) is 26.1 Å². The van der Waals surface area contributed by atoms with Crippen molar-refractivity contribution >= 4 is 33.1 Å². The normalized spacial score (nSPS) is 15.6. The molecule has 1 atom stereocenters. The maximum Gasteiger partial charge on any atom is 0.265 e. The van der Waals surface area contributed by atoms with Crippen LogP contribution >= 0.6 is 0 Å². The second-order valence-electron chi connectivity index (χ2n) is 7.93. The first-order valence-corrected chi connectivity index (χ1v) is 12.7. The Balaban J connectivity index is 1.39. The second-order valence-corrected chi connectivity index (χ2v) is 9.79. The second kappa shape index (κ2) is 10.7. The summed E-state index contributed by atoms with van der Waals surface area (Å²) in [5.74, 6) is 0.424. The number of aromatic nitrogens is 1. The van der Waals surface area contributed by atoms with Crippen LogP contribution in [0.3, 0.4) is 0 Å². The van der Waals surface area contributed by atoms with E-state index in [1.807, 2.05) is 42.5 Å². The van der Waals surface area contributed by atoms with E-state index >= 15 is 0 Å². The molecular formula is C25H28N4O4S. The van der Waals surface area contributed by atoms with E-state index in [0.717, 1.165) is 18.4 Å². The van der Waals surface area contributed by atoms with Crippen molar-refractivity contribution in [3.05, 3.63) is 78.5 Å². The van der Waals surface area contributed by atoms with Crippen LogP contribution in [-0.4, -0.2) is 38.6 Å². The first kappa shape index (κ1) is 23.7. The van der Waals surface area contributed by atoms with Gasteiger partial charge in [-0.3, -0.25) is 9.10 Å². The summed E-state index contributed by atoms with van der Waals surface area (Å²) >= 11 is 0. The van der Waals surface area contributed by atoms with E-state index in [-0.39, 0.29) is 16.9 Å². The number of nitrogens with zero attached hydrogens (tertiary/aromatic N) is 2. The lowest BCUT2D eigenvalue weighted by Gasteiger charge is -2.22. The van der Waals surface area contributed by atoms with Gasteiger partial charge in [-0.25, -0.2) is 13.4 Å². The maximum absolute atomic E-state index is 13.1. The molecule has 9 heteroatoms. The van der Waals surface area contributed by atoms with Crippen LogP contribution < -0.4 is 14.9 Å². The van der Waals surface area contributed by atoms with E-state index in [2.05, 4.69) is 15.6 Å². The topological polar surface area (TPSA) is 101 Å². The van der Waals surface area contributed by atoms with Crippen molar-refractivity contribution in [1.82, 2.24) is 4.98 Å². The fourth-order valence-electron chi connectivity index (χ4n) is 3.81. The zero-order valence-electron chi connectivity index (χ0n) is 19.0. The van der Waals surface area contributed by atoms with E-state index in [1.54, 1.807) is 31.2 Å². The van der Waals surface area contributed by atoms with Crippen LogP contribution in [0.25, 0.3) is 0 Å². The molecule has 2 heterocycles. The average molecular weight is 481 g/mol. The molecule has 3 aromatic rings. The number of para-hydroxylation sites is 1. The molecule has 1 amide bonds. The Morgan fingerprint density at radius 1 is 1.12 bits per heavy atom. The van der Waals surface area contributed by atoms with Gasteiger partial charge in [0.05, 0.1) is 5.69 Å². The van der Waals surface area contributed by atoms with E-state index in [0.29, 0.717) is 36.9 Å². The standard InChI is InChI=1S/C25H28N4O4S/c1-2-29(21-10-4-3-5-11-21)34(31,32)22-13-14-24(27-18-22)26-17-19-8-6-9-20(16-19)28-25(30)23-12-7-15-33-23/h3-6,8-11,13-14,16,18,23H,2,7,12,15,17H2,1H3,(H,26,27)(H,28,30). The summed E-state index contributed by atoms with van der Waals surface area (Å²) in [7, 11) is -3.72. The fraction of sp³-hybridized carbons (Fsp3) is 0.280. The molecular weight excluding hydrogens is 452 g/mol. The minimum atomic E-state index is -3.72. The van der Waals surface area contributed by atoms with Crippen molar-refractivity contribution in [2.24, 2.45) is 0 Å². The third kappa shape index (κ3) is 5.55.